The Bertz CT molecular complexity index is 775. The molecule has 136 valence electrons. The number of carbonyl (C=O) groups is 1. The van der Waals surface area contributed by atoms with Gasteiger partial charge in [-0.3, -0.25) is 4.79 Å². The Kier molecular flexibility index (Phi) is 4.95. The molecule has 0 saturated heterocycles. The Labute approximate surface area is 153 Å². The second-order valence-electron chi connectivity index (χ2n) is 6.62. The van der Waals surface area contributed by atoms with Gasteiger partial charge in [0, 0.05) is 0 Å². The summed E-state index contributed by atoms with van der Waals surface area (Å²) >= 11 is 0. The van der Waals surface area contributed by atoms with Crippen molar-refractivity contribution in [2.24, 2.45) is 0 Å². The van der Waals surface area contributed by atoms with Crippen molar-refractivity contribution in [3.05, 3.63) is 53.6 Å². The van der Waals surface area contributed by atoms with Gasteiger partial charge in [0.15, 0.2) is 11.5 Å². The van der Waals surface area contributed by atoms with Gasteiger partial charge in [0.25, 0.3) is 0 Å². The molecule has 1 unspecified atom stereocenters. The minimum atomic E-state index is 0.00803. The summed E-state index contributed by atoms with van der Waals surface area (Å²) in [6.45, 7) is 1.53. The molecule has 2 aromatic carbocycles. The van der Waals surface area contributed by atoms with Gasteiger partial charge in [-0.1, -0.05) is 18.2 Å². The average molecular weight is 353 g/mol. The Morgan fingerprint density at radius 3 is 2.69 bits per heavy atom. The van der Waals surface area contributed by atoms with Gasteiger partial charge in [-0.05, 0) is 54.7 Å². The fourth-order valence-corrected chi connectivity index (χ4v) is 3.53. The number of carbonyl (C=O) groups excluding carboxylic acids is 1. The van der Waals surface area contributed by atoms with Crippen LogP contribution in [0.15, 0.2) is 42.5 Å². The van der Waals surface area contributed by atoms with Crippen LogP contribution < -0.4 is 19.5 Å². The number of rotatable bonds is 5. The molecule has 1 amide bonds. The van der Waals surface area contributed by atoms with Crippen molar-refractivity contribution < 1.29 is 19.0 Å². The standard InChI is InChI=1S/C21H23NO4/c23-21(9-10-24-16-6-2-1-3-7-16)22-18-8-4-5-15-13-19-20(14-17(15)18)26-12-11-25-19/h1-3,6-7,13-14,18H,4-5,8-12H2,(H,22,23). The van der Waals surface area contributed by atoms with E-state index in [1.807, 2.05) is 36.4 Å². The fourth-order valence-electron chi connectivity index (χ4n) is 3.53. The predicted molar refractivity (Wildman–Crippen MR) is 97.8 cm³/mol. The van der Waals surface area contributed by atoms with E-state index in [1.165, 1.54) is 5.56 Å². The summed E-state index contributed by atoms with van der Waals surface area (Å²) < 4.78 is 17.0. The molecule has 0 radical (unpaired) electrons. The molecule has 1 aliphatic carbocycles. The van der Waals surface area contributed by atoms with Crippen LogP contribution in [0, 0.1) is 0 Å². The van der Waals surface area contributed by atoms with Gasteiger partial charge in [-0.25, -0.2) is 0 Å². The van der Waals surface area contributed by atoms with Crippen molar-refractivity contribution in [2.75, 3.05) is 19.8 Å². The number of fused-ring (bicyclic) bond motifs is 2. The second kappa shape index (κ2) is 7.68. The largest absolute Gasteiger partial charge is 0.493 e. The van der Waals surface area contributed by atoms with E-state index >= 15 is 0 Å². The molecule has 0 bridgehead atoms. The summed E-state index contributed by atoms with van der Waals surface area (Å²) in [6, 6.07) is 13.7. The summed E-state index contributed by atoms with van der Waals surface area (Å²) in [5.74, 6) is 2.39. The van der Waals surface area contributed by atoms with Crippen LogP contribution in [0.25, 0.3) is 0 Å². The molecule has 2 aliphatic rings. The summed E-state index contributed by atoms with van der Waals surface area (Å²) in [5.41, 5.74) is 2.39. The van der Waals surface area contributed by atoms with Crippen molar-refractivity contribution in [1.29, 1.82) is 0 Å². The maximum Gasteiger partial charge on any atom is 0.223 e. The van der Waals surface area contributed by atoms with Crippen LogP contribution >= 0.6 is 0 Å². The monoisotopic (exact) mass is 353 g/mol. The Morgan fingerprint density at radius 2 is 1.88 bits per heavy atom. The lowest BCUT2D eigenvalue weighted by Crippen LogP contribution is -2.32. The molecule has 0 spiro atoms. The summed E-state index contributed by atoms with van der Waals surface area (Å²) in [7, 11) is 0. The number of para-hydroxylation sites is 1. The van der Waals surface area contributed by atoms with E-state index < -0.39 is 0 Å². The first kappa shape index (κ1) is 16.8. The zero-order chi connectivity index (χ0) is 17.8. The van der Waals surface area contributed by atoms with Crippen LogP contribution in [0.4, 0.5) is 0 Å². The molecule has 26 heavy (non-hydrogen) atoms. The van der Waals surface area contributed by atoms with Crippen molar-refractivity contribution in [2.45, 2.75) is 31.7 Å². The van der Waals surface area contributed by atoms with Crippen LogP contribution in [0.5, 0.6) is 17.2 Å². The number of nitrogens with one attached hydrogen (secondary N) is 1. The number of aryl methyl sites for hydroxylation is 1. The SMILES string of the molecule is O=C(CCOc1ccccc1)NC1CCCc2cc3c(cc21)OCCO3. The highest BCUT2D eigenvalue weighted by Crippen LogP contribution is 2.39. The van der Waals surface area contributed by atoms with Crippen molar-refractivity contribution >= 4 is 5.91 Å². The van der Waals surface area contributed by atoms with E-state index in [2.05, 4.69) is 11.4 Å². The third kappa shape index (κ3) is 3.77. The highest BCUT2D eigenvalue weighted by atomic mass is 16.6. The van der Waals surface area contributed by atoms with Gasteiger partial charge in [-0.2, -0.15) is 0 Å². The fraction of sp³-hybridized carbons (Fsp3) is 0.381. The van der Waals surface area contributed by atoms with Gasteiger partial charge in [0.2, 0.25) is 5.91 Å². The molecule has 4 rings (SSSR count). The molecular weight excluding hydrogens is 330 g/mol. The van der Waals surface area contributed by atoms with Gasteiger partial charge >= 0.3 is 0 Å². The number of amides is 1. The van der Waals surface area contributed by atoms with E-state index in [0.717, 1.165) is 42.1 Å². The Balaban J connectivity index is 1.37. The lowest BCUT2D eigenvalue weighted by Gasteiger charge is -2.29. The molecule has 5 nitrogen and oxygen atoms in total. The molecular formula is C21H23NO4. The van der Waals surface area contributed by atoms with Crippen molar-refractivity contribution in [3.8, 4) is 17.2 Å². The number of ether oxygens (including phenoxy) is 3. The molecule has 1 heterocycles. The van der Waals surface area contributed by atoms with Crippen LogP contribution in [0.1, 0.15) is 36.4 Å². The predicted octanol–water partition coefficient (Wildman–Crippen LogP) is 3.42. The molecule has 1 aliphatic heterocycles. The highest BCUT2D eigenvalue weighted by Gasteiger charge is 2.25. The maximum absolute atomic E-state index is 12.4. The topological polar surface area (TPSA) is 56.8 Å². The van der Waals surface area contributed by atoms with E-state index in [1.54, 1.807) is 0 Å². The minimum absolute atomic E-state index is 0.00803. The average Bonchev–Trinajstić information content (AvgIpc) is 2.68. The first-order chi connectivity index (χ1) is 12.8. The van der Waals surface area contributed by atoms with E-state index in [9.17, 15) is 4.79 Å². The van der Waals surface area contributed by atoms with Crippen LogP contribution in [-0.2, 0) is 11.2 Å². The van der Waals surface area contributed by atoms with E-state index in [0.29, 0.717) is 26.2 Å². The molecule has 1 atom stereocenters. The second-order valence-corrected chi connectivity index (χ2v) is 6.62. The highest BCUT2D eigenvalue weighted by molar-refractivity contribution is 5.76. The lowest BCUT2D eigenvalue weighted by atomic mass is 9.87. The Morgan fingerprint density at radius 1 is 1.12 bits per heavy atom. The number of benzene rings is 2. The van der Waals surface area contributed by atoms with E-state index in [-0.39, 0.29) is 11.9 Å². The van der Waals surface area contributed by atoms with Crippen LogP contribution in [0.3, 0.4) is 0 Å². The number of hydrogen-bond acceptors (Lipinski definition) is 4. The third-order valence-corrected chi connectivity index (χ3v) is 4.79. The lowest BCUT2D eigenvalue weighted by molar-refractivity contribution is -0.122. The minimum Gasteiger partial charge on any atom is -0.493 e. The van der Waals surface area contributed by atoms with Gasteiger partial charge in [-0.15, -0.1) is 0 Å². The number of hydrogen-bond donors (Lipinski definition) is 1. The van der Waals surface area contributed by atoms with Crippen molar-refractivity contribution in [1.82, 2.24) is 5.32 Å². The van der Waals surface area contributed by atoms with Crippen molar-refractivity contribution in [3.63, 3.8) is 0 Å². The van der Waals surface area contributed by atoms with Gasteiger partial charge in [0.1, 0.15) is 19.0 Å². The first-order valence-electron chi connectivity index (χ1n) is 9.19. The zero-order valence-corrected chi connectivity index (χ0v) is 14.7. The molecule has 0 saturated carbocycles. The van der Waals surface area contributed by atoms with E-state index in [4.69, 9.17) is 14.2 Å². The van der Waals surface area contributed by atoms with Gasteiger partial charge < -0.3 is 19.5 Å². The third-order valence-electron chi connectivity index (χ3n) is 4.79. The normalized spacial score (nSPS) is 17.9. The maximum atomic E-state index is 12.4. The molecule has 0 fully saturated rings. The van der Waals surface area contributed by atoms with Crippen LogP contribution in [-0.4, -0.2) is 25.7 Å². The Hall–Kier alpha value is -2.69. The van der Waals surface area contributed by atoms with Crippen LogP contribution in [0.2, 0.25) is 0 Å². The first-order valence-corrected chi connectivity index (χ1v) is 9.19. The van der Waals surface area contributed by atoms with Gasteiger partial charge in [0.05, 0.1) is 19.1 Å². The summed E-state index contributed by atoms with van der Waals surface area (Å²) in [5, 5.41) is 3.15. The summed E-state index contributed by atoms with van der Waals surface area (Å²) in [6.07, 6.45) is 3.34. The quantitative estimate of drug-likeness (QED) is 0.895. The smallest absolute Gasteiger partial charge is 0.223 e. The molecule has 5 heteroatoms. The molecule has 0 aromatic heterocycles. The molecule has 2 aromatic rings. The molecule has 1 N–H and O–H groups in total. The summed E-state index contributed by atoms with van der Waals surface area (Å²) in [4.78, 5) is 12.4. The zero-order valence-electron chi connectivity index (χ0n) is 14.7.